The van der Waals surface area contributed by atoms with Crippen LogP contribution in [0.4, 0.5) is 0 Å². The number of carbonyl (C=O) groups is 2. The van der Waals surface area contributed by atoms with Crippen LogP contribution >= 0.6 is 0 Å². The molecule has 0 aliphatic carbocycles. The molecule has 0 spiro atoms. The van der Waals surface area contributed by atoms with E-state index in [1.807, 2.05) is 42.5 Å². The van der Waals surface area contributed by atoms with Crippen molar-refractivity contribution in [3.63, 3.8) is 0 Å². The molecule has 0 radical (unpaired) electrons. The second-order valence-corrected chi connectivity index (χ2v) is 5.77. The Hall–Kier alpha value is -2.62. The summed E-state index contributed by atoms with van der Waals surface area (Å²) in [6.45, 7) is 5.62. The number of carbonyl (C=O) groups excluding carboxylic acids is 2. The Balaban J connectivity index is 2.48. The van der Waals surface area contributed by atoms with Crippen LogP contribution in [-0.4, -0.2) is 25.2 Å². The van der Waals surface area contributed by atoms with Crippen molar-refractivity contribution in [2.75, 3.05) is 13.2 Å². The monoisotopic (exact) mass is 340 g/mol. The predicted molar refractivity (Wildman–Crippen MR) is 98.2 cm³/mol. The van der Waals surface area contributed by atoms with Crippen molar-refractivity contribution in [2.24, 2.45) is 5.41 Å². The lowest BCUT2D eigenvalue weighted by atomic mass is 9.80. The largest absolute Gasteiger partial charge is 0.465 e. The molecule has 2 rings (SSSR count). The normalized spacial score (nSPS) is 11.6. The summed E-state index contributed by atoms with van der Waals surface area (Å²) < 4.78 is 10.4. The smallest absolute Gasteiger partial charge is 0.327 e. The van der Waals surface area contributed by atoms with Gasteiger partial charge in [-0.05, 0) is 37.1 Å². The van der Waals surface area contributed by atoms with Crippen molar-refractivity contribution in [1.29, 1.82) is 0 Å². The number of fused-ring (bicyclic) bond motifs is 1. The lowest BCUT2D eigenvalue weighted by Gasteiger charge is -2.26. The van der Waals surface area contributed by atoms with Crippen molar-refractivity contribution in [3.05, 3.63) is 60.2 Å². The molecule has 25 heavy (non-hydrogen) atoms. The van der Waals surface area contributed by atoms with E-state index in [2.05, 4.69) is 0 Å². The number of esters is 2. The van der Waals surface area contributed by atoms with Crippen LogP contribution in [-0.2, 0) is 25.5 Å². The van der Waals surface area contributed by atoms with Gasteiger partial charge in [0.05, 0.1) is 13.2 Å². The zero-order valence-corrected chi connectivity index (χ0v) is 15.0. The SMILES string of the molecule is CC=CC(Cc1ccc2ccccc2c1)(C(=O)OCC)C(=O)OCC. The van der Waals surface area contributed by atoms with Crippen molar-refractivity contribution in [3.8, 4) is 0 Å². The van der Waals surface area contributed by atoms with Gasteiger partial charge in [-0.15, -0.1) is 0 Å². The summed E-state index contributed by atoms with van der Waals surface area (Å²) in [6.07, 6.45) is 3.47. The fourth-order valence-electron chi connectivity index (χ4n) is 2.90. The van der Waals surface area contributed by atoms with Gasteiger partial charge >= 0.3 is 11.9 Å². The van der Waals surface area contributed by atoms with Gasteiger partial charge in [0.1, 0.15) is 0 Å². The van der Waals surface area contributed by atoms with Gasteiger partial charge in [-0.1, -0.05) is 54.6 Å². The maximum Gasteiger partial charge on any atom is 0.327 e. The number of rotatable bonds is 7. The van der Waals surface area contributed by atoms with Gasteiger partial charge in [0.15, 0.2) is 5.41 Å². The van der Waals surface area contributed by atoms with Crippen LogP contribution in [0.15, 0.2) is 54.6 Å². The van der Waals surface area contributed by atoms with E-state index < -0.39 is 17.4 Å². The number of allylic oxidation sites excluding steroid dienone is 1. The van der Waals surface area contributed by atoms with Gasteiger partial charge in [0, 0.05) is 6.42 Å². The minimum atomic E-state index is -1.47. The van der Waals surface area contributed by atoms with Crippen LogP contribution in [0.2, 0.25) is 0 Å². The Morgan fingerprint density at radius 2 is 1.56 bits per heavy atom. The van der Waals surface area contributed by atoms with Crippen molar-refractivity contribution in [1.82, 2.24) is 0 Å². The van der Waals surface area contributed by atoms with Crippen LogP contribution in [0.1, 0.15) is 26.3 Å². The standard InChI is InChI=1S/C21H24O4/c1-4-13-21(19(22)24-5-2,20(23)25-6-3)15-16-11-12-17-9-7-8-10-18(17)14-16/h4,7-14H,5-6,15H2,1-3H3. The molecule has 2 aromatic rings. The van der Waals surface area contributed by atoms with E-state index in [1.165, 1.54) is 0 Å². The van der Waals surface area contributed by atoms with E-state index >= 15 is 0 Å². The molecule has 0 fully saturated rings. The van der Waals surface area contributed by atoms with Gasteiger partial charge in [-0.25, -0.2) is 0 Å². The number of benzene rings is 2. The molecule has 2 aromatic carbocycles. The average molecular weight is 340 g/mol. The van der Waals surface area contributed by atoms with Gasteiger partial charge in [0.2, 0.25) is 0 Å². The maximum atomic E-state index is 12.7. The van der Waals surface area contributed by atoms with E-state index in [1.54, 1.807) is 32.9 Å². The third-order valence-corrected chi connectivity index (χ3v) is 4.03. The molecule has 0 saturated heterocycles. The average Bonchev–Trinajstić information content (AvgIpc) is 2.61. The zero-order valence-electron chi connectivity index (χ0n) is 15.0. The summed E-state index contributed by atoms with van der Waals surface area (Å²) >= 11 is 0. The summed E-state index contributed by atoms with van der Waals surface area (Å²) in [5.41, 5.74) is -0.596. The molecular formula is C21H24O4. The van der Waals surface area contributed by atoms with Crippen molar-refractivity contribution >= 4 is 22.7 Å². The first kappa shape index (κ1) is 18.7. The molecule has 4 nitrogen and oxygen atoms in total. The third kappa shape index (κ3) is 4.08. The summed E-state index contributed by atoms with van der Waals surface area (Å²) in [6, 6.07) is 13.9. The van der Waals surface area contributed by atoms with Gasteiger partial charge in [-0.2, -0.15) is 0 Å². The molecule has 4 heteroatoms. The van der Waals surface area contributed by atoms with Crippen LogP contribution < -0.4 is 0 Å². The highest BCUT2D eigenvalue weighted by Gasteiger charge is 2.46. The molecule has 0 heterocycles. The predicted octanol–water partition coefficient (Wildman–Crippen LogP) is 4.07. The molecular weight excluding hydrogens is 316 g/mol. The Morgan fingerprint density at radius 3 is 2.12 bits per heavy atom. The Labute approximate surface area is 148 Å². The highest BCUT2D eigenvalue weighted by Crippen LogP contribution is 2.30. The second kappa shape index (κ2) is 8.47. The van der Waals surface area contributed by atoms with E-state index in [4.69, 9.17) is 9.47 Å². The first-order valence-corrected chi connectivity index (χ1v) is 8.53. The van der Waals surface area contributed by atoms with Crippen LogP contribution in [0.3, 0.4) is 0 Å². The van der Waals surface area contributed by atoms with Gasteiger partial charge in [-0.3, -0.25) is 9.59 Å². The lowest BCUT2D eigenvalue weighted by molar-refractivity contribution is -0.168. The topological polar surface area (TPSA) is 52.6 Å². The molecule has 132 valence electrons. The molecule has 0 saturated carbocycles. The molecule has 0 atom stereocenters. The van der Waals surface area contributed by atoms with E-state index in [9.17, 15) is 9.59 Å². The Kier molecular flexibility index (Phi) is 6.34. The number of ether oxygens (including phenoxy) is 2. The van der Waals surface area contributed by atoms with Gasteiger partial charge in [0.25, 0.3) is 0 Å². The summed E-state index contributed by atoms with van der Waals surface area (Å²) in [5, 5.41) is 2.16. The fraction of sp³-hybridized carbons (Fsp3) is 0.333. The first-order chi connectivity index (χ1) is 12.1. The molecule has 0 N–H and O–H groups in total. The molecule has 0 aliphatic heterocycles. The van der Waals surface area contributed by atoms with Crippen LogP contribution in [0.25, 0.3) is 10.8 Å². The van der Waals surface area contributed by atoms with Crippen LogP contribution in [0.5, 0.6) is 0 Å². The van der Waals surface area contributed by atoms with E-state index in [0.717, 1.165) is 16.3 Å². The lowest BCUT2D eigenvalue weighted by Crippen LogP contribution is -2.42. The minimum absolute atomic E-state index is 0.194. The first-order valence-electron chi connectivity index (χ1n) is 8.53. The summed E-state index contributed by atoms with van der Waals surface area (Å²) in [7, 11) is 0. The van der Waals surface area contributed by atoms with Crippen molar-refractivity contribution < 1.29 is 19.1 Å². The molecule has 0 unspecified atom stereocenters. The van der Waals surface area contributed by atoms with Gasteiger partial charge < -0.3 is 9.47 Å². The third-order valence-electron chi connectivity index (χ3n) is 4.03. The number of hydrogen-bond donors (Lipinski definition) is 0. The van der Waals surface area contributed by atoms with Crippen LogP contribution in [0, 0.1) is 5.41 Å². The maximum absolute atomic E-state index is 12.7. The Bertz CT molecular complexity index is 758. The molecule has 0 amide bonds. The summed E-state index contributed by atoms with van der Waals surface area (Å²) in [4.78, 5) is 25.3. The van der Waals surface area contributed by atoms with E-state index in [-0.39, 0.29) is 19.6 Å². The zero-order chi connectivity index (χ0) is 18.3. The fourth-order valence-corrected chi connectivity index (χ4v) is 2.90. The Morgan fingerprint density at radius 1 is 0.960 bits per heavy atom. The number of hydrogen-bond acceptors (Lipinski definition) is 4. The molecule has 0 aromatic heterocycles. The van der Waals surface area contributed by atoms with Crippen molar-refractivity contribution in [2.45, 2.75) is 27.2 Å². The quantitative estimate of drug-likeness (QED) is 0.433. The minimum Gasteiger partial charge on any atom is -0.465 e. The highest BCUT2D eigenvalue weighted by atomic mass is 16.6. The van der Waals surface area contributed by atoms with E-state index in [0.29, 0.717) is 0 Å². The summed E-state index contributed by atoms with van der Waals surface area (Å²) in [5.74, 6) is -1.17. The highest BCUT2D eigenvalue weighted by molar-refractivity contribution is 6.02. The molecule has 0 aliphatic rings. The molecule has 0 bridgehead atoms. The second-order valence-electron chi connectivity index (χ2n) is 5.77.